The van der Waals surface area contributed by atoms with Crippen LogP contribution in [-0.4, -0.2) is 38.8 Å². The van der Waals surface area contributed by atoms with Crippen LogP contribution in [0.25, 0.3) is 10.9 Å². The van der Waals surface area contributed by atoms with Crippen LogP contribution >= 0.6 is 11.6 Å². The van der Waals surface area contributed by atoms with E-state index in [4.69, 9.17) is 16.3 Å². The first-order valence-corrected chi connectivity index (χ1v) is 12.0. The van der Waals surface area contributed by atoms with Crippen LogP contribution in [0.15, 0.2) is 67.1 Å². The van der Waals surface area contributed by atoms with E-state index in [1.54, 1.807) is 19.4 Å². The van der Waals surface area contributed by atoms with Crippen molar-refractivity contribution in [2.24, 2.45) is 0 Å². The lowest BCUT2D eigenvalue weighted by Gasteiger charge is -2.31. The number of aromatic nitrogens is 3. The molecule has 35 heavy (non-hydrogen) atoms. The van der Waals surface area contributed by atoms with Crippen LogP contribution in [0.2, 0.25) is 5.02 Å². The number of nitrogens with one attached hydrogen (secondary N) is 1. The first-order chi connectivity index (χ1) is 17.1. The van der Waals surface area contributed by atoms with Crippen molar-refractivity contribution in [2.45, 2.75) is 32.3 Å². The first kappa shape index (κ1) is 23.1. The summed E-state index contributed by atoms with van der Waals surface area (Å²) >= 11 is 6.49. The second-order valence-electron chi connectivity index (χ2n) is 8.66. The highest BCUT2D eigenvalue weighted by atomic mass is 35.5. The lowest BCUT2D eigenvalue weighted by molar-refractivity contribution is -0.129. The fourth-order valence-electron chi connectivity index (χ4n) is 4.42. The van der Waals surface area contributed by atoms with Gasteiger partial charge in [-0.05, 0) is 66.8 Å². The Kier molecular flexibility index (Phi) is 6.77. The van der Waals surface area contributed by atoms with Crippen molar-refractivity contribution in [1.29, 1.82) is 0 Å². The van der Waals surface area contributed by atoms with E-state index in [1.807, 2.05) is 47.4 Å². The number of halogens is 1. The van der Waals surface area contributed by atoms with Gasteiger partial charge >= 0.3 is 0 Å². The maximum absolute atomic E-state index is 11.7. The third kappa shape index (κ3) is 5.35. The second-order valence-corrected chi connectivity index (χ2v) is 9.07. The number of carbonyl (C=O) groups is 1. The van der Waals surface area contributed by atoms with Gasteiger partial charge in [-0.1, -0.05) is 23.7 Å². The van der Waals surface area contributed by atoms with E-state index in [2.05, 4.69) is 32.4 Å². The number of piperidine rings is 1. The Morgan fingerprint density at radius 2 is 1.94 bits per heavy atom. The number of anilines is 2. The Hall–Kier alpha value is -3.71. The van der Waals surface area contributed by atoms with Crippen molar-refractivity contribution >= 4 is 39.9 Å². The first-order valence-electron chi connectivity index (χ1n) is 11.7. The van der Waals surface area contributed by atoms with Crippen LogP contribution in [0, 0.1) is 0 Å². The fraction of sp³-hybridized carbons (Fsp3) is 0.259. The van der Waals surface area contributed by atoms with Crippen LogP contribution < -0.4 is 10.1 Å². The number of hydrogen-bond acceptors (Lipinski definition) is 6. The fourth-order valence-corrected chi connectivity index (χ4v) is 4.66. The SMILES string of the molecule is CC(=O)N1CCC(c2ccc3ncnc(Nc4ccc(OCc5ccccn5)c(Cl)c4)c3c2)CC1. The minimum atomic E-state index is 0.147. The second kappa shape index (κ2) is 10.3. The van der Waals surface area contributed by atoms with Crippen molar-refractivity contribution < 1.29 is 9.53 Å². The number of likely N-dealkylation sites (tertiary alicyclic amines) is 1. The Morgan fingerprint density at radius 1 is 1.09 bits per heavy atom. The van der Waals surface area contributed by atoms with Gasteiger partial charge in [0, 0.05) is 37.3 Å². The normalized spacial score (nSPS) is 14.2. The molecule has 5 rings (SSSR count). The summed E-state index contributed by atoms with van der Waals surface area (Å²) in [6.07, 6.45) is 5.20. The molecule has 1 fully saturated rings. The smallest absolute Gasteiger partial charge is 0.219 e. The number of ether oxygens (including phenoxy) is 1. The van der Waals surface area contributed by atoms with E-state index >= 15 is 0 Å². The molecule has 7 nitrogen and oxygen atoms in total. The van der Waals surface area contributed by atoms with Crippen LogP contribution in [-0.2, 0) is 11.4 Å². The molecule has 0 radical (unpaired) electrons. The molecule has 0 saturated carbocycles. The summed E-state index contributed by atoms with van der Waals surface area (Å²) in [7, 11) is 0. The summed E-state index contributed by atoms with van der Waals surface area (Å²) in [6.45, 7) is 3.57. The Bertz CT molecular complexity index is 1340. The van der Waals surface area contributed by atoms with Gasteiger partial charge in [0.2, 0.25) is 5.91 Å². The zero-order valence-corrected chi connectivity index (χ0v) is 20.2. The molecule has 2 aromatic carbocycles. The number of hydrogen-bond donors (Lipinski definition) is 1. The van der Waals surface area contributed by atoms with E-state index in [-0.39, 0.29) is 5.91 Å². The maximum atomic E-state index is 11.7. The molecular formula is C27H26ClN5O2. The van der Waals surface area contributed by atoms with Crippen molar-refractivity contribution in [2.75, 3.05) is 18.4 Å². The number of rotatable bonds is 6. The number of amides is 1. The number of benzene rings is 2. The standard InChI is InChI=1S/C27H26ClN5O2/c1-18(34)33-12-9-19(10-13-33)20-5-7-25-23(14-20)27(31-17-30-25)32-21-6-8-26(24(28)15-21)35-16-22-4-2-3-11-29-22/h2-8,11,14-15,17,19H,9-10,12-13,16H2,1H3,(H,30,31,32). The van der Waals surface area contributed by atoms with E-state index < -0.39 is 0 Å². The number of carbonyl (C=O) groups excluding carboxylic acids is 1. The lowest BCUT2D eigenvalue weighted by Crippen LogP contribution is -2.36. The van der Waals surface area contributed by atoms with Crippen molar-refractivity contribution in [3.63, 3.8) is 0 Å². The summed E-state index contributed by atoms with van der Waals surface area (Å²) in [5.41, 5.74) is 3.75. The molecule has 1 saturated heterocycles. The quantitative estimate of drug-likeness (QED) is 0.374. The summed E-state index contributed by atoms with van der Waals surface area (Å²) in [6, 6.07) is 17.6. The largest absolute Gasteiger partial charge is 0.486 e. The van der Waals surface area contributed by atoms with E-state index in [1.165, 1.54) is 5.56 Å². The van der Waals surface area contributed by atoms with Gasteiger partial charge in [0.15, 0.2) is 0 Å². The summed E-state index contributed by atoms with van der Waals surface area (Å²) in [5.74, 6) is 1.87. The molecule has 0 atom stereocenters. The van der Waals surface area contributed by atoms with Crippen molar-refractivity contribution in [3.05, 3.63) is 83.4 Å². The molecule has 3 heterocycles. The van der Waals surface area contributed by atoms with Gasteiger partial charge in [-0.25, -0.2) is 9.97 Å². The van der Waals surface area contributed by atoms with Crippen LogP contribution in [0.3, 0.4) is 0 Å². The molecular weight excluding hydrogens is 462 g/mol. The molecule has 2 aromatic heterocycles. The molecule has 1 amide bonds. The number of fused-ring (bicyclic) bond motifs is 1. The van der Waals surface area contributed by atoms with Gasteiger partial charge in [0.05, 0.1) is 16.2 Å². The topological polar surface area (TPSA) is 80.2 Å². The minimum Gasteiger partial charge on any atom is -0.486 e. The molecule has 0 spiro atoms. The van der Waals surface area contributed by atoms with Crippen LogP contribution in [0.4, 0.5) is 11.5 Å². The summed E-state index contributed by atoms with van der Waals surface area (Å²) < 4.78 is 5.83. The summed E-state index contributed by atoms with van der Waals surface area (Å²) in [4.78, 5) is 26.8. The zero-order valence-electron chi connectivity index (χ0n) is 19.4. The molecule has 1 aliphatic heterocycles. The Labute approximate surface area is 209 Å². The minimum absolute atomic E-state index is 0.147. The molecule has 0 bridgehead atoms. The van der Waals surface area contributed by atoms with Crippen LogP contribution in [0.1, 0.15) is 36.9 Å². The Morgan fingerprint density at radius 3 is 2.69 bits per heavy atom. The molecule has 1 aliphatic rings. The predicted octanol–water partition coefficient (Wildman–Crippen LogP) is 5.73. The third-order valence-electron chi connectivity index (χ3n) is 6.37. The van der Waals surface area contributed by atoms with Crippen molar-refractivity contribution in [3.8, 4) is 5.75 Å². The van der Waals surface area contributed by atoms with Gasteiger partial charge < -0.3 is 15.0 Å². The van der Waals surface area contributed by atoms with Gasteiger partial charge in [-0.15, -0.1) is 0 Å². The molecule has 178 valence electrons. The predicted molar refractivity (Wildman–Crippen MR) is 137 cm³/mol. The maximum Gasteiger partial charge on any atom is 0.219 e. The molecule has 0 unspecified atom stereocenters. The lowest BCUT2D eigenvalue weighted by atomic mass is 9.88. The number of pyridine rings is 1. The molecule has 1 N–H and O–H groups in total. The monoisotopic (exact) mass is 487 g/mol. The average Bonchev–Trinajstić information content (AvgIpc) is 2.89. The Balaban J connectivity index is 1.33. The third-order valence-corrected chi connectivity index (χ3v) is 6.66. The molecule has 0 aliphatic carbocycles. The van der Waals surface area contributed by atoms with Gasteiger partial charge in [-0.3, -0.25) is 9.78 Å². The van der Waals surface area contributed by atoms with E-state index in [0.29, 0.717) is 23.3 Å². The summed E-state index contributed by atoms with van der Waals surface area (Å²) in [5, 5.41) is 4.84. The van der Waals surface area contributed by atoms with Crippen LogP contribution in [0.5, 0.6) is 5.75 Å². The highest BCUT2D eigenvalue weighted by Crippen LogP contribution is 2.34. The van der Waals surface area contributed by atoms with Gasteiger partial charge in [-0.2, -0.15) is 0 Å². The number of nitrogens with zero attached hydrogens (tertiary/aromatic N) is 4. The molecule has 4 aromatic rings. The van der Waals surface area contributed by atoms with Crippen molar-refractivity contribution in [1.82, 2.24) is 19.9 Å². The van der Waals surface area contributed by atoms with E-state index in [0.717, 1.165) is 54.0 Å². The average molecular weight is 488 g/mol. The van der Waals surface area contributed by atoms with Gasteiger partial charge in [0.1, 0.15) is 24.5 Å². The van der Waals surface area contributed by atoms with Gasteiger partial charge in [0.25, 0.3) is 0 Å². The van der Waals surface area contributed by atoms with E-state index in [9.17, 15) is 4.79 Å². The zero-order chi connectivity index (χ0) is 24.2. The highest BCUT2D eigenvalue weighted by Gasteiger charge is 2.22. The highest BCUT2D eigenvalue weighted by molar-refractivity contribution is 6.32. The molecule has 8 heteroatoms.